The average molecular weight is 316 g/mol. The lowest BCUT2D eigenvalue weighted by molar-refractivity contribution is 0.456. The fourth-order valence-corrected chi connectivity index (χ4v) is 2.79. The SMILES string of the molecule is Fc1cc(F)c(F)c(NC2Cc3ccc(Cl)cc3C2)c1F. The standard InChI is InChI=1S/C15H10ClF4N/c16-9-2-1-7-4-10(5-8(7)3-9)21-15-13(19)11(17)6-12(18)14(15)20/h1-3,6,10,21H,4-5H2. The van der Waals surface area contributed by atoms with Gasteiger partial charge in [-0.3, -0.25) is 0 Å². The van der Waals surface area contributed by atoms with Crippen molar-refractivity contribution in [3.8, 4) is 0 Å². The van der Waals surface area contributed by atoms with E-state index in [1.807, 2.05) is 6.07 Å². The van der Waals surface area contributed by atoms with Crippen LogP contribution in [0.25, 0.3) is 0 Å². The lowest BCUT2D eigenvalue weighted by atomic mass is 10.1. The topological polar surface area (TPSA) is 12.0 Å². The molecule has 1 aliphatic rings. The van der Waals surface area contributed by atoms with Gasteiger partial charge >= 0.3 is 0 Å². The van der Waals surface area contributed by atoms with E-state index in [4.69, 9.17) is 11.6 Å². The zero-order valence-electron chi connectivity index (χ0n) is 10.7. The van der Waals surface area contributed by atoms with E-state index in [0.29, 0.717) is 17.9 Å². The Balaban J connectivity index is 1.87. The summed E-state index contributed by atoms with van der Waals surface area (Å²) in [4.78, 5) is 0. The summed E-state index contributed by atoms with van der Waals surface area (Å²) in [5, 5.41) is 3.13. The van der Waals surface area contributed by atoms with E-state index in [-0.39, 0.29) is 12.1 Å². The van der Waals surface area contributed by atoms with Gasteiger partial charge in [0.15, 0.2) is 23.3 Å². The first kappa shape index (κ1) is 14.2. The van der Waals surface area contributed by atoms with Crippen LogP contribution in [-0.4, -0.2) is 6.04 Å². The van der Waals surface area contributed by atoms with Crippen molar-refractivity contribution >= 4 is 17.3 Å². The minimum absolute atomic E-state index is 0.193. The second kappa shape index (κ2) is 5.22. The summed E-state index contributed by atoms with van der Waals surface area (Å²) in [6.45, 7) is 0. The maximum atomic E-state index is 13.6. The predicted octanol–water partition coefficient (Wildman–Crippen LogP) is 4.48. The maximum Gasteiger partial charge on any atom is 0.185 e. The minimum Gasteiger partial charge on any atom is -0.377 e. The molecule has 1 nitrogen and oxygen atoms in total. The van der Waals surface area contributed by atoms with Crippen LogP contribution in [0.1, 0.15) is 11.1 Å². The van der Waals surface area contributed by atoms with Gasteiger partial charge in [0.1, 0.15) is 5.69 Å². The Labute approximate surface area is 123 Å². The van der Waals surface area contributed by atoms with Crippen molar-refractivity contribution < 1.29 is 17.6 Å². The fraction of sp³-hybridized carbons (Fsp3) is 0.200. The molecule has 0 fully saturated rings. The number of hydrogen-bond donors (Lipinski definition) is 1. The van der Waals surface area contributed by atoms with Crippen LogP contribution in [0.15, 0.2) is 24.3 Å². The molecule has 2 aromatic carbocycles. The highest BCUT2D eigenvalue weighted by molar-refractivity contribution is 6.30. The van der Waals surface area contributed by atoms with E-state index < -0.39 is 29.0 Å². The van der Waals surface area contributed by atoms with E-state index in [1.165, 1.54) is 0 Å². The van der Waals surface area contributed by atoms with Crippen LogP contribution in [0, 0.1) is 23.3 Å². The van der Waals surface area contributed by atoms with Gasteiger partial charge in [0.25, 0.3) is 0 Å². The highest BCUT2D eigenvalue weighted by Gasteiger charge is 2.26. The normalized spacial score (nSPS) is 16.9. The van der Waals surface area contributed by atoms with Crippen LogP contribution in [0.4, 0.5) is 23.2 Å². The highest BCUT2D eigenvalue weighted by Crippen LogP contribution is 2.30. The number of anilines is 1. The third-order valence-corrected chi connectivity index (χ3v) is 3.80. The molecule has 0 heterocycles. The molecule has 2 aromatic rings. The van der Waals surface area contributed by atoms with E-state index in [9.17, 15) is 17.6 Å². The quantitative estimate of drug-likeness (QED) is 0.636. The summed E-state index contributed by atoms with van der Waals surface area (Å²) in [6, 6.07) is 5.18. The van der Waals surface area contributed by atoms with Crippen LogP contribution in [0.3, 0.4) is 0 Å². The highest BCUT2D eigenvalue weighted by atomic mass is 35.5. The van der Waals surface area contributed by atoms with E-state index in [1.54, 1.807) is 12.1 Å². The molecule has 0 amide bonds. The molecule has 0 aromatic heterocycles. The van der Waals surface area contributed by atoms with E-state index in [0.717, 1.165) is 11.1 Å². The molecular weight excluding hydrogens is 306 g/mol. The number of halogens is 5. The van der Waals surface area contributed by atoms with Crippen LogP contribution in [-0.2, 0) is 12.8 Å². The number of fused-ring (bicyclic) bond motifs is 1. The lowest BCUT2D eigenvalue weighted by Crippen LogP contribution is -2.22. The van der Waals surface area contributed by atoms with Crippen LogP contribution >= 0.6 is 11.6 Å². The van der Waals surface area contributed by atoms with Gasteiger partial charge in [0, 0.05) is 17.1 Å². The number of benzene rings is 2. The molecule has 0 aliphatic heterocycles. The molecular formula is C15H10ClF4N. The van der Waals surface area contributed by atoms with Gasteiger partial charge in [-0.25, -0.2) is 17.6 Å². The molecule has 1 unspecified atom stereocenters. The second-order valence-corrected chi connectivity index (χ2v) is 5.44. The molecule has 6 heteroatoms. The Morgan fingerprint density at radius 3 is 2.19 bits per heavy atom. The molecule has 110 valence electrons. The summed E-state index contributed by atoms with van der Waals surface area (Å²) < 4.78 is 53.6. The van der Waals surface area contributed by atoms with Crippen molar-refractivity contribution in [2.24, 2.45) is 0 Å². The van der Waals surface area contributed by atoms with Crippen molar-refractivity contribution in [1.29, 1.82) is 0 Å². The average Bonchev–Trinajstić information content (AvgIpc) is 2.83. The fourth-order valence-electron chi connectivity index (χ4n) is 2.59. The van der Waals surface area contributed by atoms with Crippen molar-refractivity contribution in [2.45, 2.75) is 18.9 Å². The van der Waals surface area contributed by atoms with Crippen molar-refractivity contribution in [3.05, 3.63) is 63.7 Å². The largest absolute Gasteiger partial charge is 0.377 e. The molecule has 0 radical (unpaired) electrons. The molecule has 0 saturated carbocycles. The Morgan fingerprint density at radius 2 is 1.52 bits per heavy atom. The first-order chi connectivity index (χ1) is 9.95. The van der Waals surface area contributed by atoms with Gasteiger partial charge in [0.05, 0.1) is 0 Å². The maximum absolute atomic E-state index is 13.6. The lowest BCUT2D eigenvalue weighted by Gasteiger charge is -2.15. The summed E-state index contributed by atoms with van der Waals surface area (Å²) in [5.41, 5.74) is 1.18. The first-order valence-electron chi connectivity index (χ1n) is 6.32. The Bertz CT molecular complexity index is 691. The predicted molar refractivity (Wildman–Crippen MR) is 72.5 cm³/mol. The Kier molecular flexibility index (Phi) is 3.53. The van der Waals surface area contributed by atoms with E-state index >= 15 is 0 Å². The summed E-state index contributed by atoms with van der Waals surface area (Å²) in [6.07, 6.45) is 0.983. The third-order valence-electron chi connectivity index (χ3n) is 3.56. The number of nitrogens with one attached hydrogen (secondary N) is 1. The molecule has 0 spiro atoms. The molecule has 1 aliphatic carbocycles. The molecule has 0 saturated heterocycles. The van der Waals surface area contributed by atoms with Gasteiger partial charge in [-0.2, -0.15) is 0 Å². The van der Waals surface area contributed by atoms with Gasteiger partial charge in [-0.05, 0) is 36.1 Å². The molecule has 1 N–H and O–H groups in total. The number of hydrogen-bond acceptors (Lipinski definition) is 1. The zero-order chi connectivity index (χ0) is 15.1. The monoisotopic (exact) mass is 315 g/mol. The summed E-state index contributed by atoms with van der Waals surface area (Å²) >= 11 is 5.88. The van der Waals surface area contributed by atoms with Crippen molar-refractivity contribution in [3.63, 3.8) is 0 Å². The van der Waals surface area contributed by atoms with Crippen LogP contribution < -0.4 is 5.32 Å². The third kappa shape index (κ3) is 2.58. The van der Waals surface area contributed by atoms with Gasteiger partial charge in [-0.1, -0.05) is 17.7 Å². The smallest absolute Gasteiger partial charge is 0.185 e. The Hall–Kier alpha value is -1.75. The molecule has 0 bridgehead atoms. The molecule has 21 heavy (non-hydrogen) atoms. The van der Waals surface area contributed by atoms with Crippen LogP contribution in [0.5, 0.6) is 0 Å². The van der Waals surface area contributed by atoms with Gasteiger partial charge in [-0.15, -0.1) is 0 Å². The zero-order valence-corrected chi connectivity index (χ0v) is 11.4. The number of rotatable bonds is 2. The van der Waals surface area contributed by atoms with Crippen molar-refractivity contribution in [1.82, 2.24) is 0 Å². The van der Waals surface area contributed by atoms with Crippen molar-refractivity contribution in [2.75, 3.05) is 5.32 Å². The van der Waals surface area contributed by atoms with Gasteiger partial charge < -0.3 is 5.32 Å². The van der Waals surface area contributed by atoms with Crippen LogP contribution in [0.2, 0.25) is 5.02 Å². The summed E-state index contributed by atoms with van der Waals surface area (Å²) in [7, 11) is 0. The molecule has 3 rings (SSSR count). The van der Waals surface area contributed by atoms with E-state index in [2.05, 4.69) is 5.32 Å². The minimum atomic E-state index is -1.42. The van der Waals surface area contributed by atoms with Gasteiger partial charge in [0.2, 0.25) is 0 Å². The summed E-state index contributed by atoms with van der Waals surface area (Å²) in [5.74, 6) is -5.67. The first-order valence-corrected chi connectivity index (χ1v) is 6.70. The Morgan fingerprint density at radius 1 is 0.905 bits per heavy atom. The second-order valence-electron chi connectivity index (χ2n) is 5.01. The molecule has 1 atom stereocenters.